The van der Waals surface area contributed by atoms with E-state index in [4.69, 9.17) is 11.6 Å². The van der Waals surface area contributed by atoms with Crippen LogP contribution in [0.5, 0.6) is 0 Å². The lowest BCUT2D eigenvalue weighted by molar-refractivity contribution is -0.115. The van der Waals surface area contributed by atoms with Crippen molar-refractivity contribution in [3.63, 3.8) is 0 Å². The van der Waals surface area contributed by atoms with E-state index in [1.807, 2.05) is 12.1 Å². The van der Waals surface area contributed by atoms with Crippen LogP contribution in [0.1, 0.15) is 26.2 Å². The highest BCUT2D eigenvalue weighted by Gasteiger charge is 2.16. The van der Waals surface area contributed by atoms with E-state index in [2.05, 4.69) is 33.2 Å². The summed E-state index contributed by atoms with van der Waals surface area (Å²) in [6.45, 7) is 2.11. The summed E-state index contributed by atoms with van der Waals surface area (Å²) in [5.41, 5.74) is 0.851. The minimum Gasteiger partial charge on any atom is -0.301 e. The number of aromatic nitrogens is 1. The first-order chi connectivity index (χ1) is 9.10. The molecule has 1 heterocycles. The van der Waals surface area contributed by atoms with Gasteiger partial charge in [-0.05, 0) is 24.6 Å². The molecule has 19 heavy (non-hydrogen) atoms. The summed E-state index contributed by atoms with van der Waals surface area (Å²) in [5, 5.41) is 4.13. The van der Waals surface area contributed by atoms with Crippen LogP contribution in [0.15, 0.2) is 18.2 Å². The predicted molar refractivity (Wildman–Crippen MR) is 85.5 cm³/mol. The van der Waals surface area contributed by atoms with Crippen molar-refractivity contribution in [3.8, 4) is 0 Å². The van der Waals surface area contributed by atoms with Crippen LogP contribution in [0.2, 0.25) is 5.02 Å². The van der Waals surface area contributed by atoms with Crippen molar-refractivity contribution in [2.24, 2.45) is 0 Å². The largest absolute Gasteiger partial charge is 0.301 e. The first-order valence-corrected chi connectivity index (χ1v) is 8.22. The van der Waals surface area contributed by atoms with Crippen molar-refractivity contribution < 1.29 is 4.79 Å². The summed E-state index contributed by atoms with van der Waals surface area (Å²) in [6, 6.07) is 5.50. The van der Waals surface area contributed by atoms with Gasteiger partial charge < -0.3 is 5.32 Å². The lowest BCUT2D eigenvalue weighted by Crippen LogP contribution is -2.22. The van der Waals surface area contributed by atoms with Gasteiger partial charge in [-0.2, -0.15) is 0 Å². The molecule has 0 aliphatic carbocycles. The van der Waals surface area contributed by atoms with Crippen molar-refractivity contribution >= 4 is 60.1 Å². The summed E-state index contributed by atoms with van der Waals surface area (Å²) in [6.07, 6.45) is 2.94. The molecular weight excluding hydrogens is 348 g/mol. The molecule has 3 nitrogen and oxygen atoms in total. The van der Waals surface area contributed by atoms with E-state index in [9.17, 15) is 4.79 Å². The number of unbranched alkanes of at least 4 members (excludes halogenated alkanes) is 1. The third kappa shape index (κ3) is 3.91. The maximum atomic E-state index is 11.9. The van der Waals surface area contributed by atoms with Crippen molar-refractivity contribution in [3.05, 3.63) is 23.2 Å². The first-order valence-electron chi connectivity index (χ1n) is 6.11. The number of nitrogens with one attached hydrogen (secondary N) is 1. The Morgan fingerprint density at radius 3 is 3.11 bits per heavy atom. The van der Waals surface area contributed by atoms with Gasteiger partial charge in [-0.15, -0.1) is 0 Å². The number of anilines is 1. The summed E-state index contributed by atoms with van der Waals surface area (Å²) in [5.74, 6) is -0.0430. The molecule has 0 unspecified atom stereocenters. The minimum atomic E-state index is -0.164. The number of carbonyl (C=O) groups excluding carboxylic acids is 1. The maximum Gasteiger partial charge on any atom is 0.239 e. The van der Waals surface area contributed by atoms with Crippen molar-refractivity contribution in [2.75, 3.05) is 5.32 Å². The van der Waals surface area contributed by atoms with E-state index in [-0.39, 0.29) is 10.7 Å². The van der Waals surface area contributed by atoms with Crippen LogP contribution in [-0.2, 0) is 4.79 Å². The van der Waals surface area contributed by atoms with Crippen LogP contribution in [0.25, 0.3) is 10.2 Å². The van der Waals surface area contributed by atoms with E-state index in [0.717, 1.165) is 29.5 Å². The lowest BCUT2D eigenvalue weighted by Gasteiger charge is -2.07. The number of rotatable bonds is 5. The van der Waals surface area contributed by atoms with Crippen LogP contribution < -0.4 is 5.32 Å². The van der Waals surface area contributed by atoms with Crippen LogP contribution in [0.4, 0.5) is 5.13 Å². The Balaban J connectivity index is 2.06. The topological polar surface area (TPSA) is 42.0 Å². The molecule has 1 amide bonds. The van der Waals surface area contributed by atoms with Gasteiger partial charge in [0.15, 0.2) is 5.13 Å². The summed E-state index contributed by atoms with van der Waals surface area (Å²) < 4.78 is 0.975. The lowest BCUT2D eigenvalue weighted by atomic mass is 10.2. The number of alkyl halides is 1. The zero-order valence-corrected chi connectivity index (χ0v) is 13.6. The van der Waals surface area contributed by atoms with Crippen molar-refractivity contribution in [2.45, 2.75) is 31.0 Å². The predicted octanol–water partition coefficient (Wildman–Crippen LogP) is 4.84. The van der Waals surface area contributed by atoms with Gasteiger partial charge in [-0.3, -0.25) is 4.79 Å². The summed E-state index contributed by atoms with van der Waals surface area (Å²) >= 11 is 10.8. The van der Waals surface area contributed by atoms with E-state index < -0.39 is 0 Å². The molecule has 1 aromatic heterocycles. The standard InChI is InChI=1S/C13H14BrClN2OS/c1-2-3-4-9(14)12(18)17-13-16-10-6-5-8(15)7-11(10)19-13/h5-7,9H,2-4H2,1H3,(H,16,17,18)/t9-/m0/s1. The second-order valence-corrected chi connectivity index (χ2v) is 6.80. The highest BCUT2D eigenvalue weighted by Crippen LogP contribution is 2.28. The number of benzene rings is 1. The molecule has 2 aromatic rings. The number of hydrogen-bond donors (Lipinski definition) is 1. The van der Waals surface area contributed by atoms with Gasteiger partial charge in [-0.25, -0.2) is 4.98 Å². The minimum absolute atomic E-state index is 0.0430. The van der Waals surface area contributed by atoms with Crippen LogP contribution >= 0.6 is 38.9 Å². The third-order valence-electron chi connectivity index (χ3n) is 2.68. The van der Waals surface area contributed by atoms with E-state index >= 15 is 0 Å². The zero-order chi connectivity index (χ0) is 13.8. The van der Waals surface area contributed by atoms with E-state index in [1.54, 1.807) is 6.07 Å². The molecule has 0 aliphatic rings. The van der Waals surface area contributed by atoms with Crippen molar-refractivity contribution in [1.29, 1.82) is 0 Å². The number of nitrogens with zero attached hydrogens (tertiary/aromatic N) is 1. The van der Waals surface area contributed by atoms with Gasteiger partial charge in [0.05, 0.1) is 15.0 Å². The highest BCUT2D eigenvalue weighted by atomic mass is 79.9. The number of thiazole rings is 1. The Bertz CT molecular complexity index is 587. The molecule has 102 valence electrons. The molecule has 2 rings (SSSR count). The van der Waals surface area contributed by atoms with Gasteiger partial charge in [0.25, 0.3) is 0 Å². The van der Waals surface area contributed by atoms with Crippen molar-refractivity contribution in [1.82, 2.24) is 4.98 Å². The molecule has 0 bridgehead atoms. The van der Waals surface area contributed by atoms with Gasteiger partial charge in [0.2, 0.25) is 5.91 Å². The van der Waals surface area contributed by atoms with E-state index in [1.165, 1.54) is 11.3 Å². The fourth-order valence-electron chi connectivity index (χ4n) is 1.65. The highest BCUT2D eigenvalue weighted by molar-refractivity contribution is 9.10. The summed E-state index contributed by atoms with van der Waals surface area (Å²) in [4.78, 5) is 16.1. The molecule has 1 N–H and O–H groups in total. The molecule has 1 atom stereocenters. The zero-order valence-electron chi connectivity index (χ0n) is 10.5. The van der Waals surface area contributed by atoms with E-state index in [0.29, 0.717) is 10.2 Å². The Morgan fingerprint density at radius 2 is 2.37 bits per heavy atom. The first kappa shape index (κ1) is 14.8. The Morgan fingerprint density at radius 1 is 1.58 bits per heavy atom. The number of fused-ring (bicyclic) bond motifs is 1. The van der Waals surface area contributed by atoms with Crippen LogP contribution in [-0.4, -0.2) is 15.7 Å². The van der Waals surface area contributed by atoms with Crippen LogP contribution in [0.3, 0.4) is 0 Å². The molecule has 0 saturated carbocycles. The second kappa shape index (κ2) is 6.68. The van der Waals surface area contributed by atoms with Crippen LogP contribution in [0, 0.1) is 0 Å². The molecule has 1 aromatic carbocycles. The molecule has 6 heteroatoms. The number of halogens is 2. The Hall–Kier alpha value is -0.650. The third-order valence-corrected chi connectivity index (χ3v) is 4.72. The SMILES string of the molecule is CCCC[C@H](Br)C(=O)Nc1nc2ccc(Cl)cc2s1. The van der Waals surface area contributed by atoms with Gasteiger partial charge >= 0.3 is 0 Å². The average molecular weight is 362 g/mol. The monoisotopic (exact) mass is 360 g/mol. The molecule has 0 fully saturated rings. The molecule has 0 saturated heterocycles. The Kier molecular flexibility index (Phi) is 5.19. The molecule has 0 aliphatic heterocycles. The second-order valence-electron chi connectivity index (χ2n) is 4.23. The fraction of sp³-hybridized carbons (Fsp3) is 0.385. The van der Waals surface area contributed by atoms with Gasteiger partial charge in [0.1, 0.15) is 0 Å². The Labute approximate surface area is 129 Å². The molecule has 0 radical (unpaired) electrons. The maximum absolute atomic E-state index is 11.9. The fourth-order valence-corrected chi connectivity index (χ4v) is 3.23. The number of carbonyl (C=O) groups is 1. The number of hydrogen-bond acceptors (Lipinski definition) is 3. The number of amides is 1. The van der Waals surface area contributed by atoms with Gasteiger partial charge in [-0.1, -0.05) is 58.6 Å². The quantitative estimate of drug-likeness (QED) is 0.774. The smallest absolute Gasteiger partial charge is 0.239 e. The molecule has 0 spiro atoms. The van der Waals surface area contributed by atoms with Gasteiger partial charge in [0, 0.05) is 5.02 Å². The molecular formula is C13H14BrClN2OS. The summed E-state index contributed by atoms with van der Waals surface area (Å²) in [7, 11) is 0. The average Bonchev–Trinajstić information content (AvgIpc) is 2.77. The normalized spacial score (nSPS) is 12.6.